The smallest absolute Gasteiger partial charge is 0.0991 e. The first-order valence-electron chi connectivity index (χ1n) is 4.60. The standard InChI is InChI=1S/C12H15NO/c1-12(2,9-14-3)11-6-4-10(8-13)5-7-11/h4-7H,9H2,1-3H3. The van der Waals surface area contributed by atoms with Crippen LogP contribution in [-0.4, -0.2) is 13.7 Å². The molecule has 0 amide bonds. The Hall–Kier alpha value is -1.33. The van der Waals surface area contributed by atoms with Crippen LogP contribution in [0, 0.1) is 11.3 Å². The lowest BCUT2D eigenvalue weighted by molar-refractivity contribution is 0.146. The van der Waals surface area contributed by atoms with Crippen LogP contribution in [0.1, 0.15) is 25.0 Å². The highest BCUT2D eigenvalue weighted by Gasteiger charge is 2.19. The third-order valence-electron chi connectivity index (χ3n) is 2.30. The molecule has 0 aliphatic heterocycles. The maximum Gasteiger partial charge on any atom is 0.0991 e. The molecule has 1 rings (SSSR count). The van der Waals surface area contributed by atoms with Gasteiger partial charge in [-0.05, 0) is 17.7 Å². The second-order valence-corrected chi connectivity index (χ2v) is 4.01. The first-order valence-corrected chi connectivity index (χ1v) is 4.60. The summed E-state index contributed by atoms with van der Waals surface area (Å²) in [6, 6.07) is 9.75. The molecule has 0 aromatic heterocycles. The average molecular weight is 189 g/mol. The van der Waals surface area contributed by atoms with Gasteiger partial charge in [0.25, 0.3) is 0 Å². The summed E-state index contributed by atoms with van der Waals surface area (Å²) < 4.78 is 5.15. The summed E-state index contributed by atoms with van der Waals surface area (Å²) in [6.45, 7) is 4.93. The van der Waals surface area contributed by atoms with Gasteiger partial charge < -0.3 is 4.74 Å². The van der Waals surface area contributed by atoms with Gasteiger partial charge in [-0.1, -0.05) is 26.0 Å². The topological polar surface area (TPSA) is 33.0 Å². The Morgan fingerprint density at radius 3 is 2.29 bits per heavy atom. The van der Waals surface area contributed by atoms with E-state index in [2.05, 4.69) is 19.9 Å². The van der Waals surface area contributed by atoms with E-state index in [9.17, 15) is 0 Å². The molecule has 1 aromatic carbocycles. The molecule has 0 fully saturated rings. The van der Waals surface area contributed by atoms with E-state index in [1.165, 1.54) is 5.56 Å². The summed E-state index contributed by atoms with van der Waals surface area (Å²) in [4.78, 5) is 0. The van der Waals surface area contributed by atoms with Gasteiger partial charge in [0.15, 0.2) is 0 Å². The number of nitrogens with zero attached hydrogens (tertiary/aromatic N) is 1. The average Bonchev–Trinajstić information content (AvgIpc) is 2.18. The van der Waals surface area contributed by atoms with E-state index in [4.69, 9.17) is 10.00 Å². The van der Waals surface area contributed by atoms with Crippen LogP contribution in [0.3, 0.4) is 0 Å². The Balaban J connectivity index is 2.92. The maximum atomic E-state index is 8.66. The second-order valence-electron chi connectivity index (χ2n) is 4.01. The molecule has 0 atom stereocenters. The predicted octanol–water partition coefficient (Wildman–Crippen LogP) is 2.48. The number of hydrogen-bond donors (Lipinski definition) is 0. The van der Waals surface area contributed by atoms with Crippen LogP contribution < -0.4 is 0 Å². The minimum atomic E-state index is 0.00271. The normalized spacial score (nSPS) is 11.0. The van der Waals surface area contributed by atoms with E-state index >= 15 is 0 Å². The zero-order valence-corrected chi connectivity index (χ0v) is 8.87. The fourth-order valence-corrected chi connectivity index (χ4v) is 1.44. The summed E-state index contributed by atoms with van der Waals surface area (Å²) in [5.74, 6) is 0. The lowest BCUT2D eigenvalue weighted by Gasteiger charge is -2.24. The summed E-state index contributed by atoms with van der Waals surface area (Å²) >= 11 is 0. The van der Waals surface area contributed by atoms with Gasteiger partial charge in [0.2, 0.25) is 0 Å². The molecule has 2 heteroatoms. The lowest BCUT2D eigenvalue weighted by Crippen LogP contribution is -2.23. The molecule has 0 spiro atoms. The van der Waals surface area contributed by atoms with Crippen molar-refractivity contribution < 1.29 is 4.74 Å². The number of rotatable bonds is 3. The third kappa shape index (κ3) is 2.34. The fraction of sp³-hybridized carbons (Fsp3) is 0.417. The number of benzene rings is 1. The van der Waals surface area contributed by atoms with Crippen molar-refractivity contribution in [2.24, 2.45) is 0 Å². The van der Waals surface area contributed by atoms with E-state index < -0.39 is 0 Å². The van der Waals surface area contributed by atoms with Crippen LogP contribution in [0.5, 0.6) is 0 Å². The van der Waals surface area contributed by atoms with Crippen molar-refractivity contribution in [1.82, 2.24) is 0 Å². The highest BCUT2D eigenvalue weighted by atomic mass is 16.5. The van der Waals surface area contributed by atoms with Crippen LogP contribution in [-0.2, 0) is 10.2 Å². The predicted molar refractivity (Wildman–Crippen MR) is 56.1 cm³/mol. The summed E-state index contributed by atoms with van der Waals surface area (Å²) in [5, 5.41) is 8.66. The quantitative estimate of drug-likeness (QED) is 0.731. The van der Waals surface area contributed by atoms with Crippen molar-refractivity contribution >= 4 is 0 Å². The highest BCUT2D eigenvalue weighted by Crippen LogP contribution is 2.23. The van der Waals surface area contributed by atoms with Crippen LogP contribution in [0.2, 0.25) is 0 Å². The fourth-order valence-electron chi connectivity index (χ4n) is 1.44. The Labute approximate surface area is 85.1 Å². The molecule has 1 aromatic rings. The zero-order chi connectivity index (χ0) is 10.6. The molecule has 0 unspecified atom stereocenters. The van der Waals surface area contributed by atoms with Gasteiger partial charge in [0, 0.05) is 12.5 Å². The Bertz CT molecular complexity index is 332. The van der Waals surface area contributed by atoms with Crippen LogP contribution in [0.15, 0.2) is 24.3 Å². The lowest BCUT2D eigenvalue weighted by atomic mass is 9.85. The number of hydrogen-bond acceptors (Lipinski definition) is 2. The van der Waals surface area contributed by atoms with Crippen LogP contribution in [0.25, 0.3) is 0 Å². The van der Waals surface area contributed by atoms with Gasteiger partial charge in [-0.3, -0.25) is 0 Å². The first kappa shape index (κ1) is 10.7. The molecule has 74 valence electrons. The first-order chi connectivity index (χ1) is 6.60. The molecule has 0 bridgehead atoms. The minimum Gasteiger partial charge on any atom is -0.384 e. The van der Waals surface area contributed by atoms with Crippen molar-refractivity contribution in [3.05, 3.63) is 35.4 Å². The van der Waals surface area contributed by atoms with E-state index in [-0.39, 0.29) is 5.41 Å². The molecule has 0 saturated carbocycles. The van der Waals surface area contributed by atoms with Gasteiger partial charge in [0.05, 0.1) is 18.2 Å². The van der Waals surface area contributed by atoms with Gasteiger partial charge in [0.1, 0.15) is 0 Å². The summed E-state index contributed by atoms with van der Waals surface area (Å²) in [7, 11) is 1.70. The number of nitriles is 1. The molecular weight excluding hydrogens is 174 g/mol. The molecule has 0 saturated heterocycles. The molecule has 14 heavy (non-hydrogen) atoms. The molecule has 0 aliphatic rings. The van der Waals surface area contributed by atoms with Crippen molar-refractivity contribution in [2.75, 3.05) is 13.7 Å². The zero-order valence-electron chi connectivity index (χ0n) is 8.87. The van der Waals surface area contributed by atoms with Crippen LogP contribution >= 0.6 is 0 Å². The third-order valence-corrected chi connectivity index (χ3v) is 2.30. The summed E-state index contributed by atoms with van der Waals surface area (Å²) in [6.07, 6.45) is 0. The van der Waals surface area contributed by atoms with Crippen molar-refractivity contribution in [2.45, 2.75) is 19.3 Å². The Morgan fingerprint density at radius 2 is 1.86 bits per heavy atom. The number of ether oxygens (including phenoxy) is 1. The monoisotopic (exact) mass is 189 g/mol. The van der Waals surface area contributed by atoms with Crippen LogP contribution in [0.4, 0.5) is 0 Å². The SMILES string of the molecule is COCC(C)(C)c1ccc(C#N)cc1. The van der Waals surface area contributed by atoms with Gasteiger partial charge in [-0.25, -0.2) is 0 Å². The molecule has 0 N–H and O–H groups in total. The van der Waals surface area contributed by atoms with Crippen molar-refractivity contribution in [1.29, 1.82) is 5.26 Å². The second kappa shape index (κ2) is 4.26. The number of methoxy groups -OCH3 is 1. The van der Waals surface area contributed by atoms with Gasteiger partial charge >= 0.3 is 0 Å². The van der Waals surface area contributed by atoms with E-state index in [0.717, 1.165) is 0 Å². The Kier molecular flexibility index (Phi) is 3.27. The van der Waals surface area contributed by atoms with E-state index in [1.54, 1.807) is 7.11 Å². The van der Waals surface area contributed by atoms with Crippen molar-refractivity contribution in [3.63, 3.8) is 0 Å². The summed E-state index contributed by atoms with van der Waals surface area (Å²) in [5.41, 5.74) is 1.89. The Morgan fingerprint density at radius 1 is 1.29 bits per heavy atom. The molecule has 0 heterocycles. The maximum absolute atomic E-state index is 8.66. The van der Waals surface area contributed by atoms with Crippen molar-refractivity contribution in [3.8, 4) is 6.07 Å². The molecule has 0 aliphatic carbocycles. The van der Waals surface area contributed by atoms with E-state index in [1.807, 2.05) is 24.3 Å². The molecular formula is C12H15NO. The molecule has 0 radical (unpaired) electrons. The minimum absolute atomic E-state index is 0.00271. The highest BCUT2D eigenvalue weighted by molar-refractivity contribution is 5.34. The van der Waals surface area contributed by atoms with E-state index in [0.29, 0.717) is 12.2 Å². The van der Waals surface area contributed by atoms with Gasteiger partial charge in [-0.2, -0.15) is 5.26 Å². The van der Waals surface area contributed by atoms with Gasteiger partial charge in [-0.15, -0.1) is 0 Å². The largest absolute Gasteiger partial charge is 0.384 e. The molecule has 2 nitrogen and oxygen atoms in total.